The lowest BCUT2D eigenvalue weighted by Gasteiger charge is -2.20. The molecule has 2 fully saturated rings. The number of nitrogens with zero attached hydrogens (tertiary/aromatic N) is 2. The van der Waals surface area contributed by atoms with Crippen LogP contribution in [-0.4, -0.2) is 43.2 Å². The molecule has 2 heterocycles. The van der Waals surface area contributed by atoms with Crippen molar-refractivity contribution in [1.29, 1.82) is 0 Å². The SMILES string of the molecule is O=C(NCC1CCN(S(=O)(=O)c2ccc3ncsc3c2)C1)C1CCCCCCC1. The van der Waals surface area contributed by atoms with E-state index in [9.17, 15) is 13.2 Å². The van der Waals surface area contributed by atoms with Gasteiger partial charge in [-0.1, -0.05) is 32.1 Å². The summed E-state index contributed by atoms with van der Waals surface area (Å²) in [6, 6.07) is 5.12. The van der Waals surface area contributed by atoms with Crippen LogP contribution < -0.4 is 5.32 Å². The quantitative estimate of drug-likeness (QED) is 0.775. The first kappa shape index (κ1) is 20.8. The number of fused-ring (bicyclic) bond motifs is 1. The van der Waals surface area contributed by atoms with E-state index in [1.165, 1.54) is 30.6 Å². The summed E-state index contributed by atoms with van der Waals surface area (Å²) in [4.78, 5) is 17.1. The number of amides is 1. The molecule has 1 aromatic carbocycles. The van der Waals surface area contributed by atoms with Gasteiger partial charge in [0.05, 0.1) is 20.6 Å². The fourth-order valence-electron chi connectivity index (χ4n) is 4.43. The summed E-state index contributed by atoms with van der Waals surface area (Å²) in [5, 5.41) is 3.11. The highest BCUT2D eigenvalue weighted by molar-refractivity contribution is 7.89. The molecule has 1 aliphatic carbocycles. The molecule has 1 amide bonds. The van der Waals surface area contributed by atoms with Gasteiger partial charge in [0, 0.05) is 25.6 Å². The third kappa shape index (κ3) is 4.81. The Morgan fingerprint density at radius 1 is 1.14 bits per heavy atom. The highest BCUT2D eigenvalue weighted by atomic mass is 32.2. The van der Waals surface area contributed by atoms with Crippen molar-refractivity contribution in [2.45, 2.75) is 56.3 Å². The zero-order chi connectivity index (χ0) is 20.3. The van der Waals surface area contributed by atoms with Crippen LogP contribution in [0, 0.1) is 11.8 Å². The molecule has 1 unspecified atom stereocenters. The van der Waals surface area contributed by atoms with E-state index in [2.05, 4.69) is 10.3 Å². The lowest BCUT2D eigenvalue weighted by molar-refractivity contribution is -0.125. The molecule has 1 saturated heterocycles. The minimum atomic E-state index is -3.51. The number of hydrogen-bond acceptors (Lipinski definition) is 5. The first-order chi connectivity index (χ1) is 14.0. The van der Waals surface area contributed by atoms with Crippen molar-refractivity contribution in [3.8, 4) is 0 Å². The van der Waals surface area contributed by atoms with Crippen LogP contribution in [0.25, 0.3) is 10.2 Å². The van der Waals surface area contributed by atoms with Crippen molar-refractivity contribution in [2.75, 3.05) is 19.6 Å². The van der Waals surface area contributed by atoms with Gasteiger partial charge in [0.1, 0.15) is 0 Å². The molecule has 6 nitrogen and oxygen atoms in total. The van der Waals surface area contributed by atoms with Gasteiger partial charge in [-0.25, -0.2) is 13.4 Å². The zero-order valence-electron chi connectivity index (χ0n) is 16.7. The van der Waals surface area contributed by atoms with Crippen molar-refractivity contribution in [2.24, 2.45) is 11.8 Å². The van der Waals surface area contributed by atoms with Gasteiger partial charge in [-0.3, -0.25) is 4.79 Å². The summed E-state index contributed by atoms with van der Waals surface area (Å²) in [6.45, 7) is 1.54. The molecule has 1 atom stereocenters. The average molecular weight is 436 g/mol. The second-order valence-corrected chi connectivity index (χ2v) is 11.1. The van der Waals surface area contributed by atoms with Crippen LogP contribution in [0.5, 0.6) is 0 Å². The number of benzene rings is 1. The van der Waals surface area contributed by atoms with Gasteiger partial charge in [-0.15, -0.1) is 11.3 Å². The Labute approximate surface area is 176 Å². The van der Waals surface area contributed by atoms with E-state index in [-0.39, 0.29) is 17.7 Å². The number of aromatic nitrogens is 1. The van der Waals surface area contributed by atoms with Crippen LogP contribution in [0.4, 0.5) is 0 Å². The Morgan fingerprint density at radius 2 is 1.90 bits per heavy atom. The van der Waals surface area contributed by atoms with E-state index in [1.54, 1.807) is 28.0 Å². The van der Waals surface area contributed by atoms with E-state index >= 15 is 0 Å². The van der Waals surface area contributed by atoms with E-state index in [1.807, 2.05) is 0 Å². The maximum absolute atomic E-state index is 13.0. The molecule has 158 valence electrons. The van der Waals surface area contributed by atoms with E-state index in [0.717, 1.165) is 42.3 Å². The summed E-state index contributed by atoms with van der Waals surface area (Å²) in [7, 11) is -3.51. The maximum Gasteiger partial charge on any atom is 0.243 e. The molecule has 8 heteroatoms. The van der Waals surface area contributed by atoms with Crippen molar-refractivity contribution in [3.63, 3.8) is 0 Å². The van der Waals surface area contributed by atoms with Crippen molar-refractivity contribution >= 4 is 37.5 Å². The molecule has 4 rings (SSSR count). The highest BCUT2D eigenvalue weighted by Crippen LogP contribution is 2.28. The molecule has 0 radical (unpaired) electrons. The maximum atomic E-state index is 13.0. The van der Waals surface area contributed by atoms with Gasteiger partial charge >= 0.3 is 0 Å². The number of hydrogen-bond donors (Lipinski definition) is 1. The molecule has 2 aromatic rings. The summed E-state index contributed by atoms with van der Waals surface area (Å²) < 4.78 is 28.5. The standard InChI is InChI=1S/C21H29N3O3S2/c25-21(17-6-4-2-1-3-5-7-17)22-13-16-10-11-24(14-16)29(26,27)18-8-9-19-20(12-18)28-15-23-19/h8-9,12,15-17H,1-7,10-11,13-14H2,(H,22,25). The summed E-state index contributed by atoms with van der Waals surface area (Å²) in [5.41, 5.74) is 2.55. The predicted molar refractivity (Wildman–Crippen MR) is 115 cm³/mol. The third-order valence-electron chi connectivity index (χ3n) is 6.23. The monoisotopic (exact) mass is 435 g/mol. The predicted octanol–water partition coefficient (Wildman–Crippen LogP) is 3.78. The molecule has 1 aromatic heterocycles. The fraction of sp³-hybridized carbons (Fsp3) is 0.619. The van der Waals surface area contributed by atoms with Gasteiger partial charge in [-0.05, 0) is 43.4 Å². The second kappa shape index (κ2) is 9.10. The lowest BCUT2D eigenvalue weighted by atomic mass is 9.90. The van der Waals surface area contributed by atoms with Gasteiger partial charge in [-0.2, -0.15) is 4.31 Å². The van der Waals surface area contributed by atoms with Crippen molar-refractivity contribution in [1.82, 2.24) is 14.6 Å². The Morgan fingerprint density at radius 3 is 2.69 bits per heavy atom. The van der Waals surface area contributed by atoms with Crippen LogP contribution in [0.1, 0.15) is 51.4 Å². The largest absolute Gasteiger partial charge is 0.356 e. The van der Waals surface area contributed by atoms with E-state index < -0.39 is 10.0 Å². The van der Waals surface area contributed by atoms with Crippen molar-refractivity contribution in [3.05, 3.63) is 23.7 Å². The second-order valence-electron chi connectivity index (χ2n) is 8.29. The number of rotatable bonds is 5. The van der Waals surface area contributed by atoms with Crippen LogP contribution in [0.15, 0.2) is 28.6 Å². The molecular formula is C21H29N3O3S2. The third-order valence-corrected chi connectivity index (χ3v) is 8.88. The average Bonchev–Trinajstić information content (AvgIpc) is 3.35. The molecule has 1 saturated carbocycles. The number of sulfonamides is 1. The molecule has 0 spiro atoms. The van der Waals surface area contributed by atoms with Crippen molar-refractivity contribution < 1.29 is 13.2 Å². The number of carbonyl (C=O) groups excluding carboxylic acids is 1. The fourth-order valence-corrected chi connectivity index (χ4v) is 6.78. The van der Waals surface area contributed by atoms with Gasteiger partial charge in [0.15, 0.2) is 0 Å². The van der Waals surface area contributed by atoms with Crippen LogP contribution in [-0.2, 0) is 14.8 Å². The smallest absolute Gasteiger partial charge is 0.243 e. The lowest BCUT2D eigenvalue weighted by Crippen LogP contribution is -2.36. The summed E-state index contributed by atoms with van der Waals surface area (Å²) >= 11 is 1.45. The molecule has 0 bridgehead atoms. The van der Waals surface area contributed by atoms with Crippen LogP contribution in [0.2, 0.25) is 0 Å². The normalized spacial score (nSPS) is 22.4. The minimum Gasteiger partial charge on any atom is -0.356 e. The van der Waals surface area contributed by atoms with Gasteiger partial charge in [0.2, 0.25) is 15.9 Å². The molecule has 1 aliphatic heterocycles. The van der Waals surface area contributed by atoms with E-state index in [0.29, 0.717) is 24.5 Å². The number of thiazole rings is 1. The first-order valence-electron chi connectivity index (χ1n) is 10.6. The molecule has 2 aliphatic rings. The van der Waals surface area contributed by atoms with Gasteiger partial charge in [0.25, 0.3) is 0 Å². The Balaban J connectivity index is 1.32. The molecule has 29 heavy (non-hydrogen) atoms. The topological polar surface area (TPSA) is 79.4 Å². The highest BCUT2D eigenvalue weighted by Gasteiger charge is 2.33. The molecule has 1 N–H and O–H groups in total. The van der Waals surface area contributed by atoms with Gasteiger partial charge < -0.3 is 5.32 Å². The zero-order valence-corrected chi connectivity index (χ0v) is 18.3. The van der Waals surface area contributed by atoms with Crippen LogP contribution in [0.3, 0.4) is 0 Å². The number of nitrogens with one attached hydrogen (secondary N) is 1. The Hall–Kier alpha value is -1.51. The van der Waals surface area contributed by atoms with Crippen LogP contribution >= 0.6 is 11.3 Å². The summed E-state index contributed by atoms with van der Waals surface area (Å²) in [5.74, 6) is 0.459. The van der Waals surface area contributed by atoms with E-state index in [4.69, 9.17) is 0 Å². The number of carbonyl (C=O) groups is 1. The Kier molecular flexibility index (Phi) is 6.51. The minimum absolute atomic E-state index is 0.127. The first-order valence-corrected chi connectivity index (χ1v) is 13.0. The molecular weight excluding hydrogens is 406 g/mol. The Bertz CT molecular complexity index is 949. The summed E-state index contributed by atoms with van der Waals surface area (Å²) in [6.07, 6.45) is 8.77.